The molecular weight excluding hydrogens is 208 g/mol. The van der Waals surface area contributed by atoms with Gasteiger partial charge in [0.2, 0.25) is 0 Å². The van der Waals surface area contributed by atoms with E-state index < -0.39 is 0 Å². The van der Waals surface area contributed by atoms with Crippen LogP contribution in [-0.4, -0.2) is 23.5 Å². The van der Waals surface area contributed by atoms with Crippen molar-refractivity contribution in [1.82, 2.24) is 4.98 Å². The van der Waals surface area contributed by atoms with Gasteiger partial charge >= 0.3 is 0 Å². The lowest BCUT2D eigenvalue weighted by Crippen LogP contribution is -2.34. The molecule has 0 amide bonds. The maximum Gasteiger partial charge on any atom is 0.0399 e. The van der Waals surface area contributed by atoms with Crippen LogP contribution in [0.3, 0.4) is 0 Å². The summed E-state index contributed by atoms with van der Waals surface area (Å²) < 4.78 is 0. The Bertz CT molecular complexity index is 283. The van der Waals surface area contributed by atoms with Gasteiger partial charge in [0.1, 0.15) is 0 Å². The first-order valence-electron chi connectivity index (χ1n) is 5.64. The van der Waals surface area contributed by atoms with Crippen LogP contribution in [0.5, 0.6) is 0 Å². The van der Waals surface area contributed by atoms with Crippen molar-refractivity contribution in [3.8, 4) is 0 Å². The molecule has 3 heteroatoms. The number of alkyl halides is 1. The third kappa shape index (κ3) is 2.63. The number of aromatic nitrogens is 1. The molecule has 0 spiro atoms. The average molecular weight is 225 g/mol. The first-order valence-corrected chi connectivity index (χ1v) is 6.18. The molecule has 1 aromatic rings. The fraction of sp³-hybridized carbons (Fsp3) is 0.583. The monoisotopic (exact) mass is 224 g/mol. The molecule has 0 aromatic carbocycles. The molecule has 1 aromatic heterocycles. The smallest absolute Gasteiger partial charge is 0.0399 e. The highest BCUT2D eigenvalue weighted by atomic mass is 35.5. The lowest BCUT2D eigenvalue weighted by atomic mass is 10.2. The summed E-state index contributed by atoms with van der Waals surface area (Å²) in [6.45, 7) is 0.941. The minimum Gasteiger partial charge on any atom is -0.367 e. The van der Waals surface area contributed by atoms with Gasteiger partial charge in [-0.1, -0.05) is 12.8 Å². The van der Waals surface area contributed by atoms with Gasteiger partial charge in [-0.2, -0.15) is 0 Å². The van der Waals surface area contributed by atoms with Crippen LogP contribution in [-0.2, 0) is 0 Å². The number of halogens is 1. The van der Waals surface area contributed by atoms with E-state index in [2.05, 4.69) is 22.0 Å². The molecule has 0 unspecified atom stereocenters. The molecule has 15 heavy (non-hydrogen) atoms. The van der Waals surface area contributed by atoms with Crippen LogP contribution in [0.25, 0.3) is 0 Å². The Morgan fingerprint density at radius 1 is 1.27 bits per heavy atom. The third-order valence-corrected chi connectivity index (χ3v) is 3.25. The van der Waals surface area contributed by atoms with E-state index in [1.807, 2.05) is 12.4 Å². The molecule has 1 fully saturated rings. The Hall–Kier alpha value is -0.760. The summed E-state index contributed by atoms with van der Waals surface area (Å²) in [6, 6.07) is 4.83. The van der Waals surface area contributed by atoms with Crippen molar-refractivity contribution < 1.29 is 0 Å². The van der Waals surface area contributed by atoms with Crippen molar-refractivity contribution in [3.63, 3.8) is 0 Å². The Balaban J connectivity index is 2.11. The largest absolute Gasteiger partial charge is 0.367 e. The van der Waals surface area contributed by atoms with E-state index in [4.69, 9.17) is 11.6 Å². The summed E-state index contributed by atoms with van der Waals surface area (Å²) in [6.07, 6.45) is 9.03. The fourth-order valence-electron chi connectivity index (χ4n) is 2.37. The number of hydrogen-bond acceptors (Lipinski definition) is 2. The summed E-state index contributed by atoms with van der Waals surface area (Å²) in [5.74, 6) is 0.693. The van der Waals surface area contributed by atoms with Crippen LogP contribution < -0.4 is 4.90 Å². The zero-order valence-corrected chi connectivity index (χ0v) is 9.66. The van der Waals surface area contributed by atoms with E-state index >= 15 is 0 Å². The van der Waals surface area contributed by atoms with Gasteiger partial charge in [0, 0.05) is 36.5 Å². The predicted molar refractivity (Wildman–Crippen MR) is 64.6 cm³/mol. The molecule has 0 atom stereocenters. The number of rotatable bonds is 4. The zero-order chi connectivity index (χ0) is 10.5. The first-order chi connectivity index (χ1) is 7.42. The van der Waals surface area contributed by atoms with Gasteiger partial charge in [-0.05, 0) is 25.0 Å². The highest BCUT2D eigenvalue weighted by molar-refractivity contribution is 6.18. The molecular formula is C12H17ClN2. The van der Waals surface area contributed by atoms with Gasteiger partial charge in [-0.25, -0.2) is 0 Å². The van der Waals surface area contributed by atoms with E-state index in [0.717, 1.165) is 6.54 Å². The van der Waals surface area contributed by atoms with Crippen molar-refractivity contribution in [1.29, 1.82) is 0 Å². The molecule has 2 nitrogen and oxygen atoms in total. The second-order valence-corrected chi connectivity index (χ2v) is 4.40. The Morgan fingerprint density at radius 3 is 2.53 bits per heavy atom. The Kier molecular flexibility index (Phi) is 3.84. The number of nitrogens with zero attached hydrogens (tertiary/aromatic N) is 2. The van der Waals surface area contributed by atoms with Crippen LogP contribution in [0.2, 0.25) is 0 Å². The molecule has 1 aliphatic rings. The molecule has 0 aliphatic heterocycles. The predicted octanol–water partition coefficient (Wildman–Crippen LogP) is 3.07. The summed E-state index contributed by atoms with van der Waals surface area (Å²) in [4.78, 5) is 6.49. The first kappa shape index (κ1) is 10.7. The van der Waals surface area contributed by atoms with Gasteiger partial charge in [0.05, 0.1) is 0 Å². The highest BCUT2D eigenvalue weighted by Crippen LogP contribution is 2.27. The molecule has 0 N–H and O–H groups in total. The van der Waals surface area contributed by atoms with Crippen molar-refractivity contribution in [3.05, 3.63) is 24.5 Å². The van der Waals surface area contributed by atoms with Gasteiger partial charge in [0.15, 0.2) is 0 Å². The van der Waals surface area contributed by atoms with Gasteiger partial charge in [-0.15, -0.1) is 11.6 Å². The molecule has 82 valence electrons. The quantitative estimate of drug-likeness (QED) is 0.731. The van der Waals surface area contributed by atoms with Crippen LogP contribution in [0.15, 0.2) is 24.5 Å². The third-order valence-electron chi connectivity index (χ3n) is 3.09. The number of anilines is 1. The number of hydrogen-bond donors (Lipinski definition) is 0. The van der Waals surface area contributed by atoms with E-state index in [9.17, 15) is 0 Å². The molecule has 1 saturated carbocycles. The van der Waals surface area contributed by atoms with Crippen LogP contribution in [0.4, 0.5) is 5.69 Å². The van der Waals surface area contributed by atoms with Crippen molar-refractivity contribution in [2.45, 2.75) is 31.7 Å². The minimum atomic E-state index is 0.686. The maximum atomic E-state index is 5.87. The molecule has 0 saturated heterocycles. The maximum absolute atomic E-state index is 5.87. The SMILES string of the molecule is ClCCN(c1ccncc1)C1CCCC1. The summed E-state index contributed by atoms with van der Waals surface area (Å²) >= 11 is 5.87. The second kappa shape index (κ2) is 5.36. The van der Waals surface area contributed by atoms with Gasteiger partial charge in [-0.3, -0.25) is 4.98 Å². The standard InChI is InChI=1S/C12H17ClN2/c13-7-10-15(11-3-1-2-4-11)12-5-8-14-9-6-12/h5-6,8-9,11H,1-4,7,10H2. The topological polar surface area (TPSA) is 16.1 Å². The van der Waals surface area contributed by atoms with E-state index in [0.29, 0.717) is 11.9 Å². The lowest BCUT2D eigenvalue weighted by molar-refractivity contribution is 0.621. The molecule has 2 rings (SSSR count). The second-order valence-electron chi connectivity index (χ2n) is 4.03. The fourth-order valence-corrected chi connectivity index (χ4v) is 2.55. The van der Waals surface area contributed by atoms with Gasteiger partial charge in [0.25, 0.3) is 0 Å². The molecule has 0 bridgehead atoms. The molecule has 1 heterocycles. The molecule has 1 aliphatic carbocycles. The van der Waals surface area contributed by atoms with E-state index in [1.54, 1.807) is 0 Å². The normalized spacial score (nSPS) is 16.9. The minimum absolute atomic E-state index is 0.686. The molecule has 0 radical (unpaired) electrons. The van der Waals surface area contributed by atoms with Crippen molar-refractivity contribution in [2.24, 2.45) is 0 Å². The van der Waals surface area contributed by atoms with Gasteiger partial charge < -0.3 is 4.90 Å². The Labute approximate surface area is 96.3 Å². The van der Waals surface area contributed by atoms with Crippen LogP contribution in [0.1, 0.15) is 25.7 Å². The van der Waals surface area contributed by atoms with Crippen molar-refractivity contribution >= 4 is 17.3 Å². The Morgan fingerprint density at radius 2 is 1.93 bits per heavy atom. The van der Waals surface area contributed by atoms with E-state index in [1.165, 1.54) is 31.4 Å². The van der Waals surface area contributed by atoms with E-state index in [-0.39, 0.29) is 0 Å². The van der Waals surface area contributed by atoms with Crippen LogP contribution in [0, 0.1) is 0 Å². The lowest BCUT2D eigenvalue weighted by Gasteiger charge is -2.30. The summed E-state index contributed by atoms with van der Waals surface area (Å²) in [5, 5.41) is 0. The summed E-state index contributed by atoms with van der Waals surface area (Å²) in [5.41, 5.74) is 1.26. The van der Waals surface area contributed by atoms with Crippen LogP contribution >= 0.6 is 11.6 Å². The summed E-state index contributed by atoms with van der Waals surface area (Å²) in [7, 11) is 0. The number of pyridine rings is 1. The van der Waals surface area contributed by atoms with Crippen molar-refractivity contribution in [2.75, 3.05) is 17.3 Å². The zero-order valence-electron chi connectivity index (χ0n) is 8.90. The highest BCUT2D eigenvalue weighted by Gasteiger charge is 2.22. The average Bonchev–Trinajstić information content (AvgIpc) is 2.80.